The Morgan fingerprint density at radius 1 is 1.36 bits per heavy atom. The molecular formula is C10H15ClN2S. The second-order valence-corrected chi connectivity index (χ2v) is 5.60. The van der Waals surface area contributed by atoms with E-state index in [1.807, 2.05) is 0 Å². The standard InChI is InChI=1S/C10H15ClN2S/c1-7-8(2)14-10(12-7)13-5-3-9(11)4-6-13/h9H,3-6H2,1-2H3. The molecule has 1 aliphatic rings. The summed E-state index contributed by atoms with van der Waals surface area (Å²) >= 11 is 7.86. The van der Waals surface area contributed by atoms with Crippen LogP contribution in [0, 0.1) is 13.8 Å². The molecule has 78 valence electrons. The molecule has 1 aromatic heterocycles. The summed E-state index contributed by atoms with van der Waals surface area (Å²) in [5.74, 6) is 0. The lowest BCUT2D eigenvalue weighted by Crippen LogP contribution is -2.33. The Bertz CT molecular complexity index is 296. The van der Waals surface area contributed by atoms with Gasteiger partial charge < -0.3 is 4.90 Å². The third-order valence-corrected chi connectivity index (χ3v) is 4.28. The van der Waals surface area contributed by atoms with Crippen molar-refractivity contribution in [3.63, 3.8) is 0 Å². The smallest absolute Gasteiger partial charge is 0.185 e. The summed E-state index contributed by atoms with van der Waals surface area (Å²) in [6.45, 7) is 6.32. The van der Waals surface area contributed by atoms with Gasteiger partial charge in [-0.3, -0.25) is 0 Å². The molecule has 1 aromatic rings. The van der Waals surface area contributed by atoms with Crippen molar-refractivity contribution < 1.29 is 0 Å². The quantitative estimate of drug-likeness (QED) is 0.690. The molecule has 1 aliphatic heterocycles. The zero-order valence-electron chi connectivity index (χ0n) is 8.59. The number of anilines is 1. The molecule has 0 saturated carbocycles. The number of aryl methyl sites for hydroxylation is 2. The molecule has 2 rings (SSSR count). The molecule has 2 nitrogen and oxygen atoms in total. The fraction of sp³-hybridized carbons (Fsp3) is 0.700. The molecule has 1 saturated heterocycles. The molecule has 2 heterocycles. The van der Waals surface area contributed by atoms with Crippen LogP contribution in [0.15, 0.2) is 0 Å². The molecule has 1 fully saturated rings. The summed E-state index contributed by atoms with van der Waals surface area (Å²) in [4.78, 5) is 8.24. The Kier molecular flexibility index (Phi) is 2.98. The predicted molar refractivity (Wildman–Crippen MR) is 62.7 cm³/mol. The van der Waals surface area contributed by atoms with Crippen molar-refractivity contribution >= 4 is 28.1 Å². The summed E-state index contributed by atoms with van der Waals surface area (Å²) in [6, 6.07) is 0. The van der Waals surface area contributed by atoms with Gasteiger partial charge in [0.05, 0.1) is 5.69 Å². The van der Waals surface area contributed by atoms with E-state index in [1.165, 1.54) is 10.0 Å². The first-order chi connectivity index (χ1) is 6.66. The van der Waals surface area contributed by atoms with Crippen LogP contribution in [0.2, 0.25) is 0 Å². The third-order valence-electron chi connectivity index (χ3n) is 2.71. The van der Waals surface area contributed by atoms with Crippen molar-refractivity contribution in [1.82, 2.24) is 4.98 Å². The minimum Gasteiger partial charge on any atom is -0.348 e. The van der Waals surface area contributed by atoms with E-state index < -0.39 is 0 Å². The topological polar surface area (TPSA) is 16.1 Å². The van der Waals surface area contributed by atoms with Gasteiger partial charge in [-0.2, -0.15) is 0 Å². The Balaban J connectivity index is 2.08. The first-order valence-electron chi connectivity index (χ1n) is 5.00. The Hall–Kier alpha value is -0.280. The summed E-state index contributed by atoms with van der Waals surface area (Å²) in [7, 11) is 0. The van der Waals surface area contributed by atoms with Crippen LogP contribution in [0.5, 0.6) is 0 Å². The first-order valence-corrected chi connectivity index (χ1v) is 6.25. The molecule has 0 radical (unpaired) electrons. The van der Waals surface area contributed by atoms with E-state index in [2.05, 4.69) is 23.7 Å². The minimum atomic E-state index is 0.369. The van der Waals surface area contributed by atoms with Crippen LogP contribution in [-0.2, 0) is 0 Å². The Labute approximate surface area is 93.9 Å². The summed E-state index contributed by atoms with van der Waals surface area (Å²) in [5.41, 5.74) is 1.16. The van der Waals surface area contributed by atoms with Gasteiger partial charge in [0.15, 0.2) is 5.13 Å². The van der Waals surface area contributed by atoms with Crippen molar-refractivity contribution in [2.75, 3.05) is 18.0 Å². The zero-order chi connectivity index (χ0) is 10.1. The van der Waals surface area contributed by atoms with Crippen LogP contribution >= 0.6 is 22.9 Å². The second kappa shape index (κ2) is 4.07. The van der Waals surface area contributed by atoms with Crippen LogP contribution in [0.3, 0.4) is 0 Å². The maximum Gasteiger partial charge on any atom is 0.185 e. The van der Waals surface area contributed by atoms with Gasteiger partial charge in [0.25, 0.3) is 0 Å². The van der Waals surface area contributed by atoms with Crippen molar-refractivity contribution in [2.45, 2.75) is 32.1 Å². The molecule has 0 bridgehead atoms. The number of nitrogens with zero attached hydrogens (tertiary/aromatic N) is 2. The van der Waals surface area contributed by atoms with E-state index in [0.717, 1.165) is 31.6 Å². The number of rotatable bonds is 1. The highest BCUT2D eigenvalue weighted by Crippen LogP contribution is 2.28. The van der Waals surface area contributed by atoms with Gasteiger partial charge in [-0.1, -0.05) is 0 Å². The van der Waals surface area contributed by atoms with Gasteiger partial charge in [0.1, 0.15) is 0 Å². The molecule has 0 aromatic carbocycles. The Morgan fingerprint density at radius 2 is 2.00 bits per heavy atom. The number of hydrogen-bond donors (Lipinski definition) is 0. The SMILES string of the molecule is Cc1nc(N2CCC(Cl)CC2)sc1C. The van der Waals surface area contributed by atoms with Crippen LogP contribution in [-0.4, -0.2) is 23.5 Å². The van der Waals surface area contributed by atoms with Gasteiger partial charge in [-0.15, -0.1) is 22.9 Å². The molecule has 0 aliphatic carbocycles. The fourth-order valence-corrected chi connectivity index (χ4v) is 2.79. The van der Waals surface area contributed by atoms with Gasteiger partial charge in [0.2, 0.25) is 0 Å². The number of hydrogen-bond acceptors (Lipinski definition) is 3. The minimum absolute atomic E-state index is 0.369. The Morgan fingerprint density at radius 3 is 2.50 bits per heavy atom. The van der Waals surface area contributed by atoms with Gasteiger partial charge >= 0.3 is 0 Å². The lowest BCUT2D eigenvalue weighted by Gasteiger charge is -2.28. The van der Waals surface area contributed by atoms with E-state index in [9.17, 15) is 0 Å². The predicted octanol–water partition coefficient (Wildman–Crippen LogP) is 2.97. The highest BCUT2D eigenvalue weighted by molar-refractivity contribution is 7.15. The lowest BCUT2D eigenvalue weighted by atomic mass is 10.1. The molecular weight excluding hydrogens is 216 g/mol. The van der Waals surface area contributed by atoms with Crippen molar-refractivity contribution in [1.29, 1.82) is 0 Å². The first kappa shape index (κ1) is 10.2. The van der Waals surface area contributed by atoms with E-state index in [4.69, 9.17) is 11.6 Å². The number of aromatic nitrogens is 1. The molecule has 14 heavy (non-hydrogen) atoms. The molecule has 0 amide bonds. The number of piperidine rings is 1. The molecule has 0 unspecified atom stereocenters. The maximum absolute atomic E-state index is 6.06. The van der Waals surface area contributed by atoms with E-state index in [1.54, 1.807) is 11.3 Å². The van der Waals surface area contributed by atoms with Gasteiger partial charge in [-0.05, 0) is 26.7 Å². The van der Waals surface area contributed by atoms with E-state index in [0.29, 0.717) is 5.38 Å². The van der Waals surface area contributed by atoms with Crippen LogP contribution in [0.1, 0.15) is 23.4 Å². The van der Waals surface area contributed by atoms with Crippen LogP contribution in [0.4, 0.5) is 5.13 Å². The number of halogens is 1. The summed E-state index contributed by atoms with van der Waals surface area (Å²) in [5, 5.41) is 1.54. The second-order valence-electron chi connectivity index (χ2n) is 3.80. The van der Waals surface area contributed by atoms with Gasteiger partial charge in [-0.25, -0.2) is 4.98 Å². The lowest BCUT2D eigenvalue weighted by molar-refractivity contribution is 0.584. The highest BCUT2D eigenvalue weighted by Gasteiger charge is 2.19. The van der Waals surface area contributed by atoms with Crippen molar-refractivity contribution in [2.24, 2.45) is 0 Å². The number of alkyl halides is 1. The van der Waals surface area contributed by atoms with E-state index >= 15 is 0 Å². The fourth-order valence-electron chi connectivity index (χ4n) is 1.63. The molecule has 0 atom stereocenters. The zero-order valence-corrected chi connectivity index (χ0v) is 10.2. The van der Waals surface area contributed by atoms with E-state index in [-0.39, 0.29) is 0 Å². The normalized spacial score (nSPS) is 18.9. The van der Waals surface area contributed by atoms with Crippen molar-refractivity contribution in [3.05, 3.63) is 10.6 Å². The third kappa shape index (κ3) is 2.04. The molecule has 0 N–H and O–H groups in total. The molecule has 0 spiro atoms. The summed E-state index contributed by atoms with van der Waals surface area (Å²) in [6.07, 6.45) is 2.17. The average molecular weight is 231 g/mol. The maximum atomic E-state index is 6.06. The van der Waals surface area contributed by atoms with Crippen LogP contribution in [0.25, 0.3) is 0 Å². The number of thiazole rings is 1. The highest BCUT2D eigenvalue weighted by atomic mass is 35.5. The monoisotopic (exact) mass is 230 g/mol. The van der Waals surface area contributed by atoms with Crippen LogP contribution < -0.4 is 4.90 Å². The van der Waals surface area contributed by atoms with Crippen molar-refractivity contribution in [3.8, 4) is 0 Å². The molecule has 4 heteroatoms. The summed E-state index contributed by atoms with van der Waals surface area (Å²) < 4.78 is 0. The van der Waals surface area contributed by atoms with Gasteiger partial charge in [0, 0.05) is 23.3 Å². The average Bonchev–Trinajstić information content (AvgIpc) is 2.48. The largest absolute Gasteiger partial charge is 0.348 e.